The zero-order valence-corrected chi connectivity index (χ0v) is 16.6. The molecule has 2 N–H and O–H groups in total. The monoisotopic (exact) mass is 380 g/mol. The van der Waals surface area contributed by atoms with E-state index < -0.39 is 0 Å². The summed E-state index contributed by atoms with van der Waals surface area (Å²) in [5, 5.41) is 5.81. The first kappa shape index (κ1) is 19.9. The average Bonchev–Trinajstić information content (AvgIpc) is 3.20. The lowest BCUT2D eigenvalue weighted by Gasteiger charge is -2.14. The lowest BCUT2D eigenvalue weighted by Crippen LogP contribution is -2.15. The fourth-order valence-electron chi connectivity index (χ4n) is 3.72. The molecule has 3 rings (SSSR count). The van der Waals surface area contributed by atoms with Crippen molar-refractivity contribution >= 4 is 23.2 Å². The molecule has 2 aromatic carbocycles. The Labute approximate surface area is 166 Å². The number of nitrogens with one attached hydrogen (secondary N) is 2. The molecule has 2 amide bonds. The third-order valence-electron chi connectivity index (χ3n) is 5.27. The number of rotatable bonds is 7. The normalized spacial score (nSPS) is 13.9. The Bertz CT molecular complexity index is 841. The number of benzene rings is 2. The van der Waals surface area contributed by atoms with E-state index in [2.05, 4.69) is 10.6 Å². The van der Waals surface area contributed by atoms with Gasteiger partial charge in [-0.15, -0.1) is 0 Å². The lowest BCUT2D eigenvalue weighted by molar-refractivity contribution is -0.116. The predicted octanol–water partition coefficient (Wildman–Crippen LogP) is 5.16. The van der Waals surface area contributed by atoms with Crippen LogP contribution in [0.4, 0.5) is 11.4 Å². The molecule has 1 fully saturated rings. The van der Waals surface area contributed by atoms with Gasteiger partial charge in [0.2, 0.25) is 5.91 Å². The summed E-state index contributed by atoms with van der Waals surface area (Å²) in [5.41, 5.74) is 2.77. The van der Waals surface area contributed by atoms with E-state index >= 15 is 0 Å². The minimum atomic E-state index is -0.216. The van der Waals surface area contributed by atoms with E-state index in [1.165, 1.54) is 25.7 Å². The van der Waals surface area contributed by atoms with Gasteiger partial charge in [-0.1, -0.05) is 43.4 Å². The van der Waals surface area contributed by atoms with Gasteiger partial charge in [0.15, 0.2) is 0 Å². The molecule has 28 heavy (non-hydrogen) atoms. The number of anilines is 2. The molecule has 0 bridgehead atoms. The van der Waals surface area contributed by atoms with Gasteiger partial charge in [0.1, 0.15) is 5.75 Å². The molecule has 0 spiro atoms. The zero-order chi connectivity index (χ0) is 19.9. The topological polar surface area (TPSA) is 67.4 Å². The molecular weight excluding hydrogens is 352 g/mol. The van der Waals surface area contributed by atoms with Crippen molar-refractivity contribution < 1.29 is 14.3 Å². The molecule has 2 aromatic rings. The molecular formula is C23H28N2O3. The Kier molecular flexibility index (Phi) is 6.69. The second-order valence-corrected chi connectivity index (χ2v) is 7.48. The van der Waals surface area contributed by atoms with Crippen LogP contribution in [0.25, 0.3) is 0 Å². The second kappa shape index (κ2) is 9.40. The van der Waals surface area contributed by atoms with Crippen molar-refractivity contribution in [3.8, 4) is 5.75 Å². The summed E-state index contributed by atoms with van der Waals surface area (Å²) >= 11 is 0. The Morgan fingerprint density at radius 2 is 1.86 bits per heavy atom. The first-order valence-corrected chi connectivity index (χ1v) is 9.91. The van der Waals surface area contributed by atoms with Crippen LogP contribution in [0.3, 0.4) is 0 Å². The van der Waals surface area contributed by atoms with E-state index in [1.807, 2.05) is 25.1 Å². The average molecular weight is 380 g/mol. The summed E-state index contributed by atoms with van der Waals surface area (Å²) in [4.78, 5) is 24.8. The summed E-state index contributed by atoms with van der Waals surface area (Å²) in [6, 6.07) is 12.7. The predicted molar refractivity (Wildman–Crippen MR) is 112 cm³/mol. The fraction of sp³-hybridized carbons (Fsp3) is 0.391. The van der Waals surface area contributed by atoms with Crippen LogP contribution < -0.4 is 15.4 Å². The molecule has 5 nitrogen and oxygen atoms in total. The number of methoxy groups -OCH3 is 1. The van der Waals surface area contributed by atoms with Gasteiger partial charge in [-0.05, 0) is 49.6 Å². The van der Waals surface area contributed by atoms with E-state index in [9.17, 15) is 9.59 Å². The molecule has 0 aliphatic heterocycles. The quantitative estimate of drug-likeness (QED) is 0.697. The first-order chi connectivity index (χ1) is 13.5. The van der Waals surface area contributed by atoms with Gasteiger partial charge in [0, 0.05) is 17.7 Å². The largest absolute Gasteiger partial charge is 0.495 e. The molecule has 1 aliphatic carbocycles. The SMILES string of the molecule is COc1ccc(NC(=O)CCC2CCCC2)cc1NC(=O)c1cccc(C)c1. The molecule has 1 saturated carbocycles. The molecule has 0 unspecified atom stereocenters. The van der Waals surface area contributed by atoms with Gasteiger partial charge in [-0.3, -0.25) is 9.59 Å². The van der Waals surface area contributed by atoms with Gasteiger partial charge < -0.3 is 15.4 Å². The molecule has 0 aromatic heterocycles. The summed E-state index contributed by atoms with van der Waals surface area (Å²) in [7, 11) is 1.55. The van der Waals surface area contributed by atoms with Gasteiger partial charge in [-0.25, -0.2) is 0 Å². The lowest BCUT2D eigenvalue weighted by atomic mass is 10.0. The second-order valence-electron chi connectivity index (χ2n) is 7.48. The van der Waals surface area contributed by atoms with E-state index in [4.69, 9.17) is 4.74 Å². The van der Waals surface area contributed by atoms with Crippen molar-refractivity contribution in [3.05, 3.63) is 53.6 Å². The van der Waals surface area contributed by atoms with Crippen LogP contribution in [0.2, 0.25) is 0 Å². The van der Waals surface area contributed by atoms with E-state index in [0.29, 0.717) is 35.0 Å². The number of hydrogen-bond donors (Lipinski definition) is 2. The number of amides is 2. The van der Waals surface area contributed by atoms with Crippen molar-refractivity contribution in [3.63, 3.8) is 0 Å². The van der Waals surface area contributed by atoms with Gasteiger partial charge in [0.25, 0.3) is 5.91 Å². The highest BCUT2D eigenvalue weighted by atomic mass is 16.5. The number of ether oxygens (including phenoxy) is 1. The summed E-state index contributed by atoms with van der Waals surface area (Å²) in [6.45, 7) is 1.94. The van der Waals surface area contributed by atoms with Crippen molar-refractivity contribution in [2.24, 2.45) is 5.92 Å². The highest BCUT2D eigenvalue weighted by Crippen LogP contribution is 2.30. The number of aryl methyl sites for hydroxylation is 1. The van der Waals surface area contributed by atoms with Gasteiger partial charge in [0.05, 0.1) is 12.8 Å². The maximum Gasteiger partial charge on any atom is 0.255 e. The minimum absolute atomic E-state index is 0.00743. The number of carbonyl (C=O) groups excluding carboxylic acids is 2. The molecule has 0 radical (unpaired) electrons. The van der Waals surface area contributed by atoms with Crippen LogP contribution in [0.15, 0.2) is 42.5 Å². The molecule has 5 heteroatoms. The van der Waals surface area contributed by atoms with E-state index in [1.54, 1.807) is 31.4 Å². The standard InChI is InChI=1S/C23H28N2O3/c1-16-6-5-9-18(14-16)23(27)25-20-15-19(11-12-21(20)28-2)24-22(26)13-10-17-7-3-4-8-17/h5-6,9,11-12,14-15,17H,3-4,7-8,10,13H2,1-2H3,(H,24,26)(H,25,27). The van der Waals surface area contributed by atoms with Gasteiger partial charge in [-0.2, -0.15) is 0 Å². The molecule has 0 atom stereocenters. The van der Waals surface area contributed by atoms with Crippen LogP contribution in [-0.2, 0) is 4.79 Å². The Morgan fingerprint density at radius 1 is 1.07 bits per heavy atom. The molecule has 148 valence electrons. The Hall–Kier alpha value is -2.82. The first-order valence-electron chi connectivity index (χ1n) is 9.91. The van der Waals surface area contributed by atoms with Crippen molar-refractivity contribution in [1.82, 2.24) is 0 Å². The van der Waals surface area contributed by atoms with Crippen LogP contribution >= 0.6 is 0 Å². The van der Waals surface area contributed by atoms with Crippen LogP contribution in [0, 0.1) is 12.8 Å². The van der Waals surface area contributed by atoms with Crippen LogP contribution in [0.1, 0.15) is 54.4 Å². The Balaban J connectivity index is 1.65. The van der Waals surface area contributed by atoms with Crippen molar-refractivity contribution in [2.45, 2.75) is 45.4 Å². The maximum absolute atomic E-state index is 12.6. The third kappa shape index (κ3) is 5.35. The smallest absolute Gasteiger partial charge is 0.255 e. The maximum atomic E-state index is 12.6. The zero-order valence-electron chi connectivity index (χ0n) is 16.6. The number of hydrogen-bond acceptors (Lipinski definition) is 3. The minimum Gasteiger partial charge on any atom is -0.495 e. The summed E-state index contributed by atoms with van der Waals surface area (Å²) in [5.74, 6) is 1.02. The summed E-state index contributed by atoms with van der Waals surface area (Å²) < 4.78 is 5.35. The van der Waals surface area contributed by atoms with E-state index in [0.717, 1.165) is 12.0 Å². The van der Waals surface area contributed by atoms with Crippen molar-refractivity contribution in [2.75, 3.05) is 17.7 Å². The highest BCUT2D eigenvalue weighted by molar-refractivity contribution is 6.05. The Morgan fingerprint density at radius 3 is 2.57 bits per heavy atom. The van der Waals surface area contributed by atoms with Crippen LogP contribution in [-0.4, -0.2) is 18.9 Å². The van der Waals surface area contributed by atoms with Crippen LogP contribution in [0.5, 0.6) is 5.75 Å². The molecule has 0 saturated heterocycles. The third-order valence-corrected chi connectivity index (χ3v) is 5.27. The molecule has 1 aliphatic rings. The molecule has 0 heterocycles. The highest BCUT2D eigenvalue weighted by Gasteiger charge is 2.17. The summed E-state index contributed by atoms with van der Waals surface area (Å²) in [6.07, 6.45) is 6.53. The van der Waals surface area contributed by atoms with Gasteiger partial charge >= 0.3 is 0 Å². The van der Waals surface area contributed by atoms with Crippen molar-refractivity contribution in [1.29, 1.82) is 0 Å². The van der Waals surface area contributed by atoms with E-state index in [-0.39, 0.29) is 11.8 Å². The fourth-order valence-corrected chi connectivity index (χ4v) is 3.72. The number of carbonyl (C=O) groups is 2.